The molecular formula is C60H36N4S+2. The number of rotatable bonds is 1. The number of benzene rings is 8. The number of fused-ring (bicyclic) bond motifs is 18. The van der Waals surface area contributed by atoms with E-state index in [1.807, 2.05) is 11.3 Å². The highest BCUT2D eigenvalue weighted by molar-refractivity contribution is 7.25. The van der Waals surface area contributed by atoms with E-state index in [-0.39, 0.29) is 0 Å². The van der Waals surface area contributed by atoms with Crippen LogP contribution in [0.5, 0.6) is 0 Å². The van der Waals surface area contributed by atoms with Gasteiger partial charge in [0.25, 0.3) is 11.5 Å². The third-order valence-corrected chi connectivity index (χ3v) is 17.3. The Labute approximate surface area is 376 Å². The van der Waals surface area contributed by atoms with E-state index in [0.29, 0.717) is 0 Å². The third kappa shape index (κ3) is 3.43. The average Bonchev–Trinajstić information content (AvgIpc) is 4.14. The lowest BCUT2D eigenvalue weighted by Crippen LogP contribution is -2.76. The number of imidazole rings is 1. The van der Waals surface area contributed by atoms with Crippen LogP contribution in [0.15, 0.2) is 182 Å². The van der Waals surface area contributed by atoms with Crippen LogP contribution in [-0.4, -0.2) is 8.97 Å². The second kappa shape index (κ2) is 10.9. The maximum absolute atomic E-state index is 2.73. The van der Waals surface area contributed by atoms with Gasteiger partial charge in [-0.15, -0.1) is 11.3 Å². The van der Waals surface area contributed by atoms with Crippen molar-refractivity contribution in [1.82, 2.24) is 8.97 Å². The number of thiophene rings is 1. The van der Waals surface area contributed by atoms with Crippen molar-refractivity contribution in [2.45, 2.75) is 24.9 Å². The summed E-state index contributed by atoms with van der Waals surface area (Å²) < 4.78 is 13.3. The van der Waals surface area contributed by atoms with Gasteiger partial charge in [0.2, 0.25) is 0 Å². The monoisotopic (exact) mass is 844 g/mol. The number of para-hydroxylation sites is 1. The Kier molecular flexibility index (Phi) is 5.65. The molecule has 300 valence electrons. The van der Waals surface area contributed by atoms with E-state index in [1.165, 1.54) is 142 Å². The molecule has 0 N–H and O–H groups in total. The first kappa shape index (κ1) is 33.7. The van der Waals surface area contributed by atoms with E-state index in [4.69, 9.17) is 0 Å². The van der Waals surface area contributed by atoms with Gasteiger partial charge in [0.1, 0.15) is 22.8 Å². The van der Waals surface area contributed by atoms with Gasteiger partial charge >= 0.3 is 5.66 Å². The quantitative estimate of drug-likeness (QED) is 0.116. The van der Waals surface area contributed by atoms with Crippen LogP contribution < -0.4 is 9.13 Å². The van der Waals surface area contributed by atoms with Crippen molar-refractivity contribution < 1.29 is 9.13 Å². The van der Waals surface area contributed by atoms with Crippen molar-refractivity contribution in [3.05, 3.63) is 227 Å². The number of hydrogen-bond acceptors (Lipinski definition) is 1. The van der Waals surface area contributed by atoms with Gasteiger partial charge in [-0.3, -0.25) is 0 Å². The highest BCUT2D eigenvalue weighted by Crippen LogP contribution is 2.65. The van der Waals surface area contributed by atoms with Crippen molar-refractivity contribution in [2.75, 3.05) is 0 Å². The lowest BCUT2D eigenvalue weighted by atomic mass is 9.58. The molecule has 0 amide bonds. The molecule has 1 atom stereocenters. The summed E-state index contributed by atoms with van der Waals surface area (Å²) in [6, 6.07) is 65.2. The summed E-state index contributed by atoms with van der Waals surface area (Å²) in [5, 5.41) is 9.13. The molecule has 8 aromatic carbocycles. The van der Waals surface area contributed by atoms with Crippen LogP contribution in [0.1, 0.15) is 44.5 Å². The zero-order valence-electron chi connectivity index (χ0n) is 35.5. The van der Waals surface area contributed by atoms with Crippen molar-refractivity contribution in [3.8, 4) is 28.2 Å². The largest absolute Gasteiger partial charge is 0.311 e. The van der Waals surface area contributed by atoms with Gasteiger partial charge < -0.3 is 0 Å². The number of nitrogens with zero attached hydrogens (tertiary/aromatic N) is 4. The molecule has 0 saturated heterocycles. The van der Waals surface area contributed by atoms with Crippen LogP contribution in [0.4, 0.5) is 0 Å². The summed E-state index contributed by atoms with van der Waals surface area (Å²) in [6.07, 6.45) is 4.91. The SMILES string of the molecule is Cc1cccc(C)c1-c1c[n+]2c3c4c5c(ccc4c4cc6c(cc4n13)sc1ccccc16)C1(c3ccccc3-c3ccccc31)c1ccc3c4ccccc4n4c3c1C52[n+]1ccccc1-4. The molecule has 0 fully saturated rings. The first-order chi connectivity index (χ1) is 32.1. The summed E-state index contributed by atoms with van der Waals surface area (Å²) in [5.74, 6) is 1.17. The molecule has 2 spiro atoms. The molecule has 13 aromatic rings. The minimum Gasteiger partial charge on any atom is -0.191 e. The zero-order valence-corrected chi connectivity index (χ0v) is 36.3. The van der Waals surface area contributed by atoms with Gasteiger partial charge in [-0.2, -0.15) is 18.1 Å². The number of pyridine rings is 2. The van der Waals surface area contributed by atoms with Gasteiger partial charge in [-0.25, -0.2) is 0 Å². The molecule has 0 bridgehead atoms. The van der Waals surface area contributed by atoms with Crippen LogP contribution in [-0.2, 0) is 11.1 Å². The molecule has 2 aliphatic heterocycles. The molecule has 7 heterocycles. The number of hydrogen-bond donors (Lipinski definition) is 0. The molecule has 4 nitrogen and oxygen atoms in total. The molecule has 17 rings (SSSR count). The molecule has 1 unspecified atom stereocenters. The molecule has 5 heteroatoms. The van der Waals surface area contributed by atoms with Crippen molar-refractivity contribution in [2.24, 2.45) is 0 Å². The van der Waals surface area contributed by atoms with E-state index in [0.717, 1.165) is 0 Å². The first-order valence-corrected chi connectivity index (χ1v) is 23.6. The van der Waals surface area contributed by atoms with Crippen LogP contribution in [0.25, 0.3) is 97.5 Å². The Bertz CT molecular complexity index is 4400. The maximum Gasteiger partial charge on any atom is 0.311 e. The summed E-state index contributed by atoms with van der Waals surface area (Å²) in [6.45, 7) is 4.57. The normalized spacial score (nSPS) is 16.6. The van der Waals surface area contributed by atoms with Gasteiger partial charge in [0.05, 0.1) is 22.6 Å². The minimum absolute atomic E-state index is 0.573. The second-order valence-electron chi connectivity index (χ2n) is 18.9. The predicted octanol–water partition coefficient (Wildman–Crippen LogP) is 13.2. The molecule has 0 saturated carbocycles. The van der Waals surface area contributed by atoms with Crippen LogP contribution in [0.3, 0.4) is 0 Å². The summed E-state index contributed by atoms with van der Waals surface area (Å²) in [5.41, 5.74) is 19.6. The average molecular weight is 845 g/mol. The lowest BCUT2D eigenvalue weighted by Gasteiger charge is -2.45. The summed E-state index contributed by atoms with van der Waals surface area (Å²) in [4.78, 5) is 0. The maximum atomic E-state index is 2.73. The first-order valence-electron chi connectivity index (χ1n) is 22.8. The third-order valence-electron chi connectivity index (χ3n) is 16.2. The second-order valence-corrected chi connectivity index (χ2v) is 19.9. The highest BCUT2D eigenvalue weighted by Gasteiger charge is 2.69. The Morgan fingerprint density at radius 1 is 0.492 bits per heavy atom. The van der Waals surface area contributed by atoms with Gasteiger partial charge in [-0.1, -0.05) is 121 Å². The summed E-state index contributed by atoms with van der Waals surface area (Å²) >= 11 is 1.90. The fourth-order valence-electron chi connectivity index (χ4n) is 14.0. The molecule has 0 radical (unpaired) electrons. The van der Waals surface area contributed by atoms with Gasteiger partial charge in [-0.05, 0) is 94.8 Å². The van der Waals surface area contributed by atoms with E-state index in [1.54, 1.807) is 0 Å². The van der Waals surface area contributed by atoms with Gasteiger partial charge in [0, 0.05) is 59.4 Å². The van der Waals surface area contributed by atoms with E-state index >= 15 is 0 Å². The minimum atomic E-state index is -0.772. The standard InChI is InChI=1S/C60H36N4S/c1-33-14-13-15-34(2)53(33)49-32-62-58-54-39(41-30-42-38-19-6-10-23-50(38)65-51(42)31-48(41)63(49)58)25-27-45-55(54)60(62)56-46(59(45)43-20-7-3-16-35(43)36-17-4-8-21-44(36)59)28-26-40-37-18-5-9-22-47(37)64(57(40)56)52-24-11-12-29-61(52)60/h3-32H,1-2H3/q+2. The Morgan fingerprint density at radius 3 is 2.00 bits per heavy atom. The predicted molar refractivity (Wildman–Crippen MR) is 264 cm³/mol. The van der Waals surface area contributed by atoms with E-state index < -0.39 is 11.1 Å². The van der Waals surface area contributed by atoms with Crippen molar-refractivity contribution in [3.63, 3.8) is 0 Å². The Hall–Kier alpha value is -7.86. The van der Waals surface area contributed by atoms with Crippen molar-refractivity contribution in [1.29, 1.82) is 0 Å². The molecular weight excluding hydrogens is 809 g/mol. The topological polar surface area (TPSA) is 17.1 Å². The number of aromatic nitrogens is 4. The van der Waals surface area contributed by atoms with Crippen LogP contribution in [0, 0.1) is 13.8 Å². The smallest absolute Gasteiger partial charge is 0.191 e. The van der Waals surface area contributed by atoms with E-state index in [2.05, 4.69) is 214 Å². The Balaban J connectivity index is 1.20. The van der Waals surface area contributed by atoms with Crippen LogP contribution in [0.2, 0.25) is 0 Å². The summed E-state index contributed by atoms with van der Waals surface area (Å²) in [7, 11) is 0. The fraction of sp³-hybridized carbons (Fsp3) is 0.0667. The fourth-order valence-corrected chi connectivity index (χ4v) is 15.1. The zero-order chi connectivity index (χ0) is 42.2. The Morgan fingerprint density at radius 2 is 1.18 bits per heavy atom. The van der Waals surface area contributed by atoms with Gasteiger partial charge in [0.15, 0.2) is 11.2 Å². The van der Waals surface area contributed by atoms with Crippen LogP contribution >= 0.6 is 11.3 Å². The molecule has 4 aliphatic rings. The molecule has 5 aromatic heterocycles. The van der Waals surface area contributed by atoms with Crippen molar-refractivity contribution >= 4 is 80.6 Å². The number of aryl methyl sites for hydroxylation is 2. The molecule has 65 heavy (non-hydrogen) atoms. The van der Waals surface area contributed by atoms with E-state index in [9.17, 15) is 0 Å². The lowest BCUT2D eigenvalue weighted by molar-refractivity contribution is -0.956. The highest BCUT2D eigenvalue weighted by atomic mass is 32.1. The molecule has 2 aliphatic carbocycles.